The molecule has 85 heavy (non-hydrogen) atoms. The monoisotopic (exact) mass is 1140 g/mol. The first-order valence-electron chi connectivity index (χ1n) is 30.2. The van der Waals surface area contributed by atoms with E-state index in [1.165, 1.54) is 149 Å². The molecule has 0 saturated heterocycles. The molecule has 0 spiro atoms. The summed E-state index contributed by atoms with van der Waals surface area (Å²) in [6, 6.07) is 66.7. The third-order valence-electron chi connectivity index (χ3n) is 18.8. The van der Waals surface area contributed by atoms with Gasteiger partial charge in [-0.1, -0.05) is 292 Å². The second-order valence-electron chi connectivity index (χ2n) is 24.6. The smallest absolute Gasteiger partial charge is 0.0540 e. The van der Waals surface area contributed by atoms with Crippen LogP contribution in [-0.4, -0.2) is 0 Å². The summed E-state index contributed by atoms with van der Waals surface area (Å²) in [4.78, 5) is 4.82. The van der Waals surface area contributed by atoms with Gasteiger partial charge in [0.25, 0.3) is 0 Å². The Hall–Kier alpha value is -6.90. The maximum absolute atomic E-state index is 3.99. The highest BCUT2D eigenvalue weighted by atomic mass is 15.1. The number of unbranched alkanes of at least 4 members (excludes halogenated alkanes) is 10. The first kappa shape index (κ1) is 72.4. The van der Waals surface area contributed by atoms with Crippen LogP contribution in [0.15, 0.2) is 183 Å². The molecule has 1 aliphatic rings. The molecule has 0 N–H and O–H groups in total. The number of fused-ring (bicyclic) bond motifs is 1. The Morgan fingerprint density at radius 1 is 0.376 bits per heavy atom. The van der Waals surface area contributed by atoms with Crippen LogP contribution in [0.4, 0.5) is 34.1 Å². The van der Waals surface area contributed by atoms with E-state index in [0.717, 1.165) is 46.8 Å². The van der Waals surface area contributed by atoms with Crippen molar-refractivity contribution in [2.45, 2.75) is 215 Å². The van der Waals surface area contributed by atoms with E-state index in [9.17, 15) is 0 Å². The van der Waals surface area contributed by atoms with E-state index in [1.54, 1.807) is 0 Å². The first-order chi connectivity index (χ1) is 38.2. The second-order valence-corrected chi connectivity index (χ2v) is 24.6. The highest BCUT2D eigenvalue weighted by Crippen LogP contribution is 2.62. The fraction of sp³-hybridized carbons (Fsp3) is 0.398. The molecule has 0 atom stereocenters. The Morgan fingerprint density at radius 3 is 1.29 bits per heavy atom. The van der Waals surface area contributed by atoms with Gasteiger partial charge >= 0.3 is 0 Å². The van der Waals surface area contributed by atoms with Gasteiger partial charge in [-0.25, -0.2) is 0 Å². The summed E-state index contributed by atoms with van der Waals surface area (Å²) < 4.78 is 0. The summed E-state index contributed by atoms with van der Waals surface area (Å²) >= 11 is 0. The summed E-state index contributed by atoms with van der Waals surface area (Å²) in [6.45, 7) is 27.8. The molecule has 1 aliphatic carbocycles. The quantitative estimate of drug-likeness (QED) is 0.0557. The molecule has 456 valence electrons. The molecule has 0 fully saturated rings. The third kappa shape index (κ3) is 15.6. The van der Waals surface area contributed by atoms with Gasteiger partial charge in [-0.05, 0) is 184 Å². The van der Waals surface area contributed by atoms with Gasteiger partial charge in [0.1, 0.15) is 0 Å². The summed E-state index contributed by atoms with van der Waals surface area (Å²) in [5.74, 6) is 0. The lowest BCUT2D eigenvalue weighted by atomic mass is 9.59. The number of nitrogens with zero attached hydrogens (tertiary/aromatic N) is 2. The highest BCUT2D eigenvalue weighted by Gasteiger charge is 2.56. The largest absolute Gasteiger partial charge is 0.311 e. The van der Waals surface area contributed by atoms with Crippen molar-refractivity contribution in [3.8, 4) is 33.4 Å². The van der Waals surface area contributed by atoms with Crippen molar-refractivity contribution in [3.63, 3.8) is 0 Å². The van der Waals surface area contributed by atoms with Gasteiger partial charge in [0.05, 0.1) is 5.69 Å². The van der Waals surface area contributed by atoms with Crippen LogP contribution in [0.5, 0.6) is 0 Å². The zero-order valence-electron chi connectivity index (χ0n) is 49.8. The van der Waals surface area contributed by atoms with Gasteiger partial charge in [-0.15, -0.1) is 0 Å². The standard InChI is InChI=1S/C77H90N2.6CH4/c1-12-15-17-19-21-23-27-62-54-71(63(53-57(62)5)28-24-22-20-18-16-13-2)61-39-50-69(51-40-61)79(74-30-26-25-29-70(74)64-41-52-72-73(55-64)76(8,9)77(10,11)75(72,6)7)68-48-37-60(38-49-68)59-35-46-67(47-36-59)78(65-42-31-56(4)32-43-65)66-44-33-58(14-3)34-45-66;;;;;;/h14,25-26,29-55H,3,12-13,15-24,27-28H2,1-2,4-11H3;6*1H4. The fourth-order valence-corrected chi connectivity index (χ4v) is 12.6. The summed E-state index contributed by atoms with van der Waals surface area (Å²) in [5, 5.41) is 0. The van der Waals surface area contributed by atoms with Crippen molar-refractivity contribution in [3.05, 3.63) is 221 Å². The molecule has 8 aromatic rings. The van der Waals surface area contributed by atoms with E-state index >= 15 is 0 Å². The molecular weight excluding hydrogens is 1020 g/mol. The van der Waals surface area contributed by atoms with E-state index in [-0.39, 0.29) is 60.8 Å². The number of benzene rings is 8. The Bertz CT molecular complexity index is 3280. The van der Waals surface area contributed by atoms with E-state index < -0.39 is 0 Å². The van der Waals surface area contributed by atoms with Gasteiger partial charge in [0.15, 0.2) is 0 Å². The zero-order valence-corrected chi connectivity index (χ0v) is 49.8. The number of anilines is 6. The minimum atomic E-state index is -0.00525. The predicted octanol–water partition coefficient (Wildman–Crippen LogP) is 27.1. The molecule has 0 heterocycles. The molecule has 9 rings (SSSR count). The summed E-state index contributed by atoms with van der Waals surface area (Å²) in [5.41, 5.74) is 24.2. The van der Waals surface area contributed by atoms with Crippen molar-refractivity contribution >= 4 is 40.2 Å². The number of para-hydroxylation sites is 1. The van der Waals surface area contributed by atoms with Gasteiger partial charge in [-0.3, -0.25) is 0 Å². The Morgan fingerprint density at radius 2 is 0.788 bits per heavy atom. The van der Waals surface area contributed by atoms with Crippen molar-refractivity contribution in [1.82, 2.24) is 0 Å². The van der Waals surface area contributed by atoms with E-state index in [2.05, 4.69) is 262 Å². The fourth-order valence-electron chi connectivity index (χ4n) is 12.6. The minimum absolute atomic E-state index is 0. The first-order valence-corrected chi connectivity index (χ1v) is 30.2. The SMILES string of the molecule is C.C.C.C.C.C.C=Cc1ccc(N(c2ccc(C)cc2)c2ccc(-c3ccc(N(c4ccc(-c5cc(CCCCCCCC)c(C)cc5CCCCCCCC)cc4)c4ccccc4-c4ccc5c(c4)C(C)(C)C(C)(C)C5(C)C)cc3)cc2)cc1. The van der Waals surface area contributed by atoms with Crippen molar-refractivity contribution in [1.29, 1.82) is 0 Å². The maximum atomic E-state index is 3.99. The topological polar surface area (TPSA) is 6.48 Å². The highest BCUT2D eigenvalue weighted by molar-refractivity contribution is 5.90. The number of hydrogen-bond acceptors (Lipinski definition) is 2. The van der Waals surface area contributed by atoms with Crippen molar-refractivity contribution in [2.24, 2.45) is 5.41 Å². The lowest BCUT2D eigenvalue weighted by Crippen LogP contribution is -2.42. The van der Waals surface area contributed by atoms with Crippen LogP contribution >= 0.6 is 0 Å². The molecule has 0 aliphatic heterocycles. The van der Waals surface area contributed by atoms with Gasteiger partial charge in [0, 0.05) is 34.0 Å². The summed E-state index contributed by atoms with van der Waals surface area (Å²) in [6.07, 6.45) is 19.9. The third-order valence-corrected chi connectivity index (χ3v) is 18.8. The number of hydrogen-bond donors (Lipinski definition) is 0. The molecule has 0 unspecified atom stereocenters. The molecule has 2 nitrogen and oxygen atoms in total. The molecule has 0 aromatic heterocycles. The average Bonchev–Trinajstić information content (AvgIpc) is 1.57. The van der Waals surface area contributed by atoms with Gasteiger partial charge < -0.3 is 9.80 Å². The molecule has 0 bridgehead atoms. The van der Waals surface area contributed by atoms with Gasteiger partial charge in [-0.2, -0.15) is 0 Å². The molecular formula is C83H114N2. The molecule has 0 saturated carbocycles. The lowest BCUT2D eigenvalue weighted by molar-refractivity contribution is 0.125. The van der Waals surface area contributed by atoms with Crippen LogP contribution < -0.4 is 9.80 Å². The predicted molar refractivity (Wildman–Crippen MR) is 386 cm³/mol. The van der Waals surface area contributed by atoms with Crippen LogP contribution in [0, 0.1) is 19.3 Å². The van der Waals surface area contributed by atoms with E-state index in [0.29, 0.717) is 0 Å². The van der Waals surface area contributed by atoms with Crippen LogP contribution in [0.2, 0.25) is 0 Å². The molecule has 8 aromatic carbocycles. The molecule has 0 radical (unpaired) electrons. The van der Waals surface area contributed by atoms with Gasteiger partial charge in [0.2, 0.25) is 0 Å². The Balaban J connectivity index is 0.00000315. The number of rotatable bonds is 24. The maximum Gasteiger partial charge on any atom is 0.0540 e. The average molecular weight is 1140 g/mol. The Kier molecular flexibility index (Phi) is 27.3. The Labute approximate surface area is 521 Å². The van der Waals surface area contributed by atoms with Crippen LogP contribution in [-0.2, 0) is 23.7 Å². The molecule has 2 heteroatoms. The van der Waals surface area contributed by atoms with E-state index in [4.69, 9.17) is 0 Å². The summed E-state index contributed by atoms with van der Waals surface area (Å²) in [7, 11) is 0. The van der Waals surface area contributed by atoms with Crippen LogP contribution in [0.25, 0.3) is 39.5 Å². The minimum Gasteiger partial charge on any atom is -0.311 e. The van der Waals surface area contributed by atoms with E-state index in [1.807, 2.05) is 6.08 Å². The van der Waals surface area contributed by atoms with Crippen LogP contribution in [0.3, 0.4) is 0 Å². The van der Waals surface area contributed by atoms with Crippen molar-refractivity contribution in [2.75, 3.05) is 9.80 Å². The second kappa shape index (κ2) is 32.0. The zero-order chi connectivity index (χ0) is 55.7. The normalized spacial score (nSPS) is 13.0. The lowest BCUT2D eigenvalue weighted by Gasteiger charge is -2.44. The van der Waals surface area contributed by atoms with Crippen LogP contribution in [0.1, 0.15) is 216 Å². The van der Waals surface area contributed by atoms with Crippen molar-refractivity contribution < 1.29 is 0 Å². The number of aryl methyl sites for hydroxylation is 4. The molecule has 0 amide bonds.